The normalized spacial score (nSPS) is 12.6. The summed E-state index contributed by atoms with van der Waals surface area (Å²) >= 11 is 3.51. The minimum absolute atomic E-state index is 0.437. The molecule has 1 rings (SSSR count). The number of hydrogen-bond acceptors (Lipinski definition) is 1. The minimum Gasteiger partial charge on any atom is -0.388 e. The van der Waals surface area contributed by atoms with Crippen LogP contribution in [0.4, 0.5) is 0 Å². The summed E-state index contributed by atoms with van der Waals surface area (Å²) in [7, 11) is 0. The van der Waals surface area contributed by atoms with Gasteiger partial charge in [-0.25, -0.2) is 0 Å². The van der Waals surface area contributed by atoms with E-state index in [1.165, 1.54) is 0 Å². The minimum atomic E-state index is -0.437. The number of hydrogen-bond donors (Lipinski definition) is 1. The fraction of sp³-hybridized carbons (Fsp3) is 0.385. The highest BCUT2D eigenvalue weighted by Crippen LogP contribution is 2.27. The molecule has 1 atom stereocenters. The highest BCUT2D eigenvalue weighted by Gasteiger charge is 2.10. The maximum absolute atomic E-state index is 9.95. The fourth-order valence-electron chi connectivity index (χ4n) is 1.62. The lowest BCUT2D eigenvalue weighted by molar-refractivity contribution is 0.178. The molecule has 0 saturated carbocycles. The maximum atomic E-state index is 9.95. The van der Waals surface area contributed by atoms with E-state index in [0.29, 0.717) is 6.42 Å². The Morgan fingerprint density at radius 2 is 1.87 bits per heavy atom. The average molecular weight is 269 g/mol. The van der Waals surface area contributed by atoms with Crippen LogP contribution in [0.5, 0.6) is 0 Å². The zero-order valence-electron chi connectivity index (χ0n) is 9.47. The van der Waals surface area contributed by atoms with Crippen LogP contribution in [-0.4, -0.2) is 5.11 Å². The van der Waals surface area contributed by atoms with Crippen molar-refractivity contribution >= 4 is 15.9 Å². The highest BCUT2D eigenvalue weighted by molar-refractivity contribution is 9.10. The predicted molar refractivity (Wildman–Crippen MR) is 68.0 cm³/mol. The van der Waals surface area contributed by atoms with Crippen LogP contribution in [0.1, 0.15) is 36.1 Å². The lowest BCUT2D eigenvalue weighted by atomic mass is 9.99. The van der Waals surface area contributed by atoms with E-state index in [2.05, 4.69) is 22.5 Å². The Labute approximate surface area is 100.0 Å². The smallest absolute Gasteiger partial charge is 0.0827 e. The van der Waals surface area contributed by atoms with E-state index < -0.39 is 6.10 Å². The Balaban J connectivity index is 3.00. The van der Waals surface area contributed by atoms with Crippen molar-refractivity contribution in [1.82, 2.24) is 0 Å². The maximum Gasteiger partial charge on any atom is 0.0827 e. The molecule has 0 aromatic heterocycles. The van der Waals surface area contributed by atoms with Crippen molar-refractivity contribution in [2.75, 3.05) is 0 Å². The molecule has 0 heterocycles. The van der Waals surface area contributed by atoms with E-state index in [1.807, 2.05) is 32.9 Å². The third kappa shape index (κ3) is 3.18. The van der Waals surface area contributed by atoms with Crippen molar-refractivity contribution < 1.29 is 5.11 Å². The molecule has 0 aliphatic carbocycles. The van der Waals surface area contributed by atoms with E-state index in [1.54, 1.807) is 0 Å². The van der Waals surface area contributed by atoms with Crippen LogP contribution in [0, 0.1) is 13.8 Å². The molecule has 1 N–H and O–H groups in total. The molecule has 0 aliphatic rings. The predicted octanol–water partition coefficient (Wildman–Crippen LogP) is 4.07. The first-order valence-electron chi connectivity index (χ1n) is 5.01. The second-order valence-corrected chi connectivity index (χ2v) is 4.94. The molecule has 82 valence electrons. The Hall–Kier alpha value is -0.600. The summed E-state index contributed by atoms with van der Waals surface area (Å²) < 4.78 is 1.12. The topological polar surface area (TPSA) is 20.2 Å². The SMILES string of the molecule is C=C(C)CC(O)c1cc(C)c(Br)c(C)c1. The Kier molecular flexibility index (Phi) is 4.12. The Morgan fingerprint density at radius 3 is 2.27 bits per heavy atom. The quantitative estimate of drug-likeness (QED) is 0.820. The van der Waals surface area contributed by atoms with Crippen LogP contribution in [0.3, 0.4) is 0 Å². The fourth-order valence-corrected chi connectivity index (χ4v) is 1.85. The van der Waals surface area contributed by atoms with Gasteiger partial charge in [0.2, 0.25) is 0 Å². The van der Waals surface area contributed by atoms with Crippen LogP contribution in [0.15, 0.2) is 28.8 Å². The number of halogens is 1. The highest BCUT2D eigenvalue weighted by atomic mass is 79.9. The first-order chi connectivity index (χ1) is 6.91. The third-order valence-electron chi connectivity index (χ3n) is 2.39. The van der Waals surface area contributed by atoms with Gasteiger partial charge in [0.05, 0.1) is 6.10 Å². The first-order valence-corrected chi connectivity index (χ1v) is 5.80. The molecule has 0 amide bonds. The van der Waals surface area contributed by atoms with Gasteiger partial charge in [0.1, 0.15) is 0 Å². The third-order valence-corrected chi connectivity index (χ3v) is 3.64. The van der Waals surface area contributed by atoms with Crippen molar-refractivity contribution in [3.63, 3.8) is 0 Å². The second-order valence-electron chi connectivity index (χ2n) is 4.15. The molecule has 0 saturated heterocycles. The van der Waals surface area contributed by atoms with Crippen LogP contribution < -0.4 is 0 Å². The van der Waals surface area contributed by atoms with E-state index in [-0.39, 0.29) is 0 Å². The number of aryl methyl sites for hydroxylation is 2. The average Bonchev–Trinajstić information content (AvgIpc) is 2.12. The van der Waals surface area contributed by atoms with Gasteiger partial charge < -0.3 is 5.11 Å². The molecule has 0 aliphatic heterocycles. The summed E-state index contributed by atoms with van der Waals surface area (Å²) in [5.41, 5.74) is 4.29. The molecular weight excluding hydrogens is 252 g/mol. The molecular formula is C13H17BrO. The van der Waals surface area contributed by atoms with Crippen LogP contribution in [0.2, 0.25) is 0 Å². The zero-order valence-corrected chi connectivity index (χ0v) is 11.1. The van der Waals surface area contributed by atoms with Crippen molar-refractivity contribution in [1.29, 1.82) is 0 Å². The standard InChI is InChI=1S/C13H17BrO/c1-8(2)5-12(15)11-6-9(3)13(14)10(4)7-11/h6-7,12,15H,1,5H2,2-4H3. The van der Waals surface area contributed by atoms with Gasteiger partial charge in [0.25, 0.3) is 0 Å². The molecule has 0 fully saturated rings. The van der Waals surface area contributed by atoms with E-state index in [4.69, 9.17) is 0 Å². The van der Waals surface area contributed by atoms with Gasteiger partial charge in [0.15, 0.2) is 0 Å². The van der Waals surface area contributed by atoms with E-state index in [9.17, 15) is 5.11 Å². The number of rotatable bonds is 3. The lowest BCUT2D eigenvalue weighted by Crippen LogP contribution is -1.99. The molecule has 1 aromatic rings. The van der Waals surface area contributed by atoms with Crippen LogP contribution in [0.25, 0.3) is 0 Å². The number of aliphatic hydroxyl groups is 1. The van der Waals surface area contributed by atoms with Gasteiger partial charge in [-0.15, -0.1) is 6.58 Å². The van der Waals surface area contributed by atoms with E-state index in [0.717, 1.165) is 26.7 Å². The van der Waals surface area contributed by atoms with Gasteiger partial charge in [0, 0.05) is 4.47 Å². The van der Waals surface area contributed by atoms with E-state index >= 15 is 0 Å². The van der Waals surface area contributed by atoms with Gasteiger partial charge in [-0.2, -0.15) is 0 Å². The Morgan fingerprint density at radius 1 is 1.40 bits per heavy atom. The summed E-state index contributed by atoms with van der Waals surface area (Å²) in [4.78, 5) is 0. The molecule has 0 radical (unpaired) electrons. The van der Waals surface area contributed by atoms with Gasteiger partial charge in [-0.3, -0.25) is 0 Å². The molecule has 1 nitrogen and oxygen atoms in total. The van der Waals surface area contributed by atoms with Gasteiger partial charge in [-0.05, 0) is 43.9 Å². The summed E-state index contributed by atoms with van der Waals surface area (Å²) in [5.74, 6) is 0. The summed E-state index contributed by atoms with van der Waals surface area (Å²) in [5, 5.41) is 9.95. The molecule has 0 bridgehead atoms. The van der Waals surface area contributed by atoms with Crippen LogP contribution in [-0.2, 0) is 0 Å². The lowest BCUT2D eigenvalue weighted by Gasteiger charge is -2.14. The van der Waals surface area contributed by atoms with Gasteiger partial charge >= 0.3 is 0 Å². The first kappa shape index (κ1) is 12.5. The van der Waals surface area contributed by atoms with Gasteiger partial charge in [-0.1, -0.05) is 33.6 Å². The summed E-state index contributed by atoms with van der Waals surface area (Å²) in [6.45, 7) is 9.82. The van der Waals surface area contributed by atoms with Crippen molar-refractivity contribution in [2.24, 2.45) is 0 Å². The number of aliphatic hydroxyl groups excluding tert-OH is 1. The van der Waals surface area contributed by atoms with Crippen molar-refractivity contribution in [3.05, 3.63) is 45.4 Å². The summed E-state index contributed by atoms with van der Waals surface area (Å²) in [6, 6.07) is 4.04. The largest absolute Gasteiger partial charge is 0.388 e. The molecule has 2 heteroatoms. The molecule has 15 heavy (non-hydrogen) atoms. The molecule has 0 spiro atoms. The molecule has 1 unspecified atom stereocenters. The Bertz CT molecular complexity index is 359. The van der Waals surface area contributed by atoms with Crippen LogP contribution >= 0.6 is 15.9 Å². The zero-order chi connectivity index (χ0) is 11.6. The number of benzene rings is 1. The monoisotopic (exact) mass is 268 g/mol. The second kappa shape index (κ2) is 4.95. The van der Waals surface area contributed by atoms with Crippen molar-refractivity contribution in [3.8, 4) is 0 Å². The summed E-state index contributed by atoms with van der Waals surface area (Å²) in [6.07, 6.45) is 0.188. The van der Waals surface area contributed by atoms with Crippen molar-refractivity contribution in [2.45, 2.75) is 33.3 Å². The molecule has 1 aromatic carbocycles.